The molecule has 1 aliphatic rings. The lowest BCUT2D eigenvalue weighted by molar-refractivity contribution is -0.120. The van der Waals surface area contributed by atoms with E-state index in [1.807, 2.05) is 6.92 Å². The van der Waals surface area contributed by atoms with Crippen LogP contribution in [-0.2, 0) is 21.4 Å². The summed E-state index contributed by atoms with van der Waals surface area (Å²) in [5.41, 5.74) is 2.09. The number of imidazole rings is 1. The lowest BCUT2D eigenvalue weighted by Gasteiger charge is -2.19. The number of aromatic amines is 1. The summed E-state index contributed by atoms with van der Waals surface area (Å²) in [5, 5.41) is 2.97. The van der Waals surface area contributed by atoms with Gasteiger partial charge in [0.15, 0.2) is 0 Å². The smallest absolute Gasteiger partial charge is 0.235 e. The van der Waals surface area contributed by atoms with Crippen LogP contribution in [0.4, 0.5) is 0 Å². The van der Waals surface area contributed by atoms with E-state index in [1.165, 1.54) is 0 Å². The van der Waals surface area contributed by atoms with E-state index in [-0.39, 0.29) is 18.5 Å². The number of rotatable bonds is 8. The van der Waals surface area contributed by atoms with E-state index in [9.17, 15) is 13.2 Å². The molecule has 1 aliphatic heterocycles. The SMILES string of the molecule is CCC[C@@H]1CN(Cc2nc[nH]c2C)C[C@H]1NC(=O)CNS(C)(=O)=O. The highest BCUT2D eigenvalue weighted by Gasteiger charge is 2.33. The van der Waals surface area contributed by atoms with E-state index in [2.05, 4.69) is 31.8 Å². The Labute approximate surface area is 143 Å². The van der Waals surface area contributed by atoms with Crippen molar-refractivity contribution in [3.63, 3.8) is 0 Å². The summed E-state index contributed by atoms with van der Waals surface area (Å²) in [5.74, 6) is 0.0840. The highest BCUT2D eigenvalue weighted by atomic mass is 32.2. The van der Waals surface area contributed by atoms with Crippen LogP contribution in [0.25, 0.3) is 0 Å². The van der Waals surface area contributed by atoms with Gasteiger partial charge in [0.05, 0.1) is 24.8 Å². The molecular formula is C15H27N5O3S. The Morgan fingerprint density at radius 3 is 2.79 bits per heavy atom. The molecule has 0 radical (unpaired) electrons. The number of carbonyl (C=O) groups excluding carboxylic acids is 1. The van der Waals surface area contributed by atoms with Crippen LogP contribution >= 0.6 is 0 Å². The number of sulfonamides is 1. The van der Waals surface area contributed by atoms with Crippen molar-refractivity contribution < 1.29 is 13.2 Å². The minimum Gasteiger partial charge on any atom is -0.351 e. The molecule has 0 aliphatic carbocycles. The van der Waals surface area contributed by atoms with E-state index in [0.717, 1.165) is 50.1 Å². The predicted octanol–water partition coefficient (Wildman–Crippen LogP) is -0.0160. The standard InChI is InChI=1S/C15H27N5O3S/c1-4-5-12-7-20(8-13-11(2)16-10-17-13)9-14(12)19-15(21)6-18-24(3,22)23/h10,12,14,18H,4-9H2,1-3H3,(H,16,17)(H,19,21)/t12-,14-/m1/s1. The third-order valence-electron chi connectivity index (χ3n) is 4.33. The highest BCUT2D eigenvalue weighted by molar-refractivity contribution is 7.88. The molecule has 9 heteroatoms. The van der Waals surface area contributed by atoms with Gasteiger partial charge in [-0.25, -0.2) is 18.1 Å². The second-order valence-corrected chi connectivity index (χ2v) is 8.32. The van der Waals surface area contributed by atoms with Gasteiger partial charge >= 0.3 is 0 Å². The van der Waals surface area contributed by atoms with Crippen LogP contribution in [-0.4, -0.2) is 61.1 Å². The Morgan fingerprint density at radius 2 is 2.21 bits per heavy atom. The van der Waals surface area contributed by atoms with Crippen LogP contribution in [0.1, 0.15) is 31.2 Å². The third kappa shape index (κ3) is 5.57. The summed E-state index contributed by atoms with van der Waals surface area (Å²) in [7, 11) is -3.36. The summed E-state index contributed by atoms with van der Waals surface area (Å²) in [6, 6.07) is 0.0399. The van der Waals surface area contributed by atoms with Gasteiger partial charge in [0, 0.05) is 31.4 Å². The molecule has 1 aromatic rings. The number of aryl methyl sites for hydroxylation is 1. The quantitative estimate of drug-likeness (QED) is 0.606. The average Bonchev–Trinajstić information content (AvgIpc) is 3.04. The molecular weight excluding hydrogens is 330 g/mol. The third-order valence-corrected chi connectivity index (χ3v) is 4.99. The molecule has 1 aromatic heterocycles. The van der Waals surface area contributed by atoms with Crippen molar-refractivity contribution in [1.29, 1.82) is 0 Å². The van der Waals surface area contributed by atoms with Crippen LogP contribution in [0.2, 0.25) is 0 Å². The van der Waals surface area contributed by atoms with Crippen molar-refractivity contribution in [2.75, 3.05) is 25.9 Å². The molecule has 2 heterocycles. The lowest BCUT2D eigenvalue weighted by Crippen LogP contribution is -2.45. The molecule has 0 saturated carbocycles. The first-order valence-corrected chi connectivity index (χ1v) is 10.1. The lowest BCUT2D eigenvalue weighted by atomic mass is 9.98. The van der Waals surface area contributed by atoms with E-state index in [0.29, 0.717) is 5.92 Å². The first-order valence-electron chi connectivity index (χ1n) is 8.23. The molecule has 1 amide bonds. The number of aromatic nitrogens is 2. The Kier molecular flexibility index (Phi) is 6.36. The van der Waals surface area contributed by atoms with Gasteiger partial charge in [0.1, 0.15) is 0 Å². The number of amides is 1. The van der Waals surface area contributed by atoms with Gasteiger partial charge in [-0.1, -0.05) is 13.3 Å². The van der Waals surface area contributed by atoms with Crippen LogP contribution in [0, 0.1) is 12.8 Å². The maximum atomic E-state index is 12.0. The van der Waals surface area contributed by atoms with Crippen molar-refractivity contribution in [2.45, 2.75) is 39.3 Å². The Hall–Kier alpha value is -1.45. The molecule has 2 rings (SSSR count). The van der Waals surface area contributed by atoms with Gasteiger partial charge in [0.2, 0.25) is 15.9 Å². The first kappa shape index (κ1) is 18.9. The first-order chi connectivity index (χ1) is 11.3. The van der Waals surface area contributed by atoms with Gasteiger partial charge < -0.3 is 10.3 Å². The fourth-order valence-corrected chi connectivity index (χ4v) is 3.52. The number of likely N-dealkylation sites (tertiary alicyclic amines) is 1. The zero-order valence-corrected chi connectivity index (χ0v) is 15.3. The molecule has 24 heavy (non-hydrogen) atoms. The number of hydrogen-bond donors (Lipinski definition) is 3. The molecule has 1 fully saturated rings. The molecule has 0 spiro atoms. The predicted molar refractivity (Wildman–Crippen MR) is 91.8 cm³/mol. The summed E-state index contributed by atoms with van der Waals surface area (Å²) < 4.78 is 24.4. The van der Waals surface area contributed by atoms with Gasteiger partial charge in [-0.15, -0.1) is 0 Å². The number of hydrogen-bond acceptors (Lipinski definition) is 5. The molecule has 2 atom stereocenters. The second-order valence-electron chi connectivity index (χ2n) is 6.48. The molecule has 0 unspecified atom stereocenters. The Morgan fingerprint density at radius 1 is 1.46 bits per heavy atom. The minimum absolute atomic E-state index is 0.0399. The van der Waals surface area contributed by atoms with Crippen LogP contribution in [0.15, 0.2) is 6.33 Å². The van der Waals surface area contributed by atoms with Crippen molar-refractivity contribution in [3.8, 4) is 0 Å². The highest BCUT2D eigenvalue weighted by Crippen LogP contribution is 2.23. The number of carbonyl (C=O) groups is 1. The molecule has 0 aromatic carbocycles. The Bertz CT molecular complexity index is 658. The number of H-pyrrole nitrogens is 1. The summed E-state index contributed by atoms with van der Waals surface area (Å²) in [6.07, 6.45) is 4.82. The van der Waals surface area contributed by atoms with Gasteiger partial charge in [-0.05, 0) is 19.3 Å². The zero-order chi connectivity index (χ0) is 17.7. The normalized spacial score (nSPS) is 22.0. The van der Waals surface area contributed by atoms with Crippen molar-refractivity contribution >= 4 is 15.9 Å². The molecule has 136 valence electrons. The summed E-state index contributed by atoms with van der Waals surface area (Å²) in [6.45, 7) is 6.32. The van der Waals surface area contributed by atoms with Gasteiger partial charge in [-0.2, -0.15) is 0 Å². The van der Waals surface area contributed by atoms with Crippen molar-refractivity contribution in [1.82, 2.24) is 24.9 Å². The maximum absolute atomic E-state index is 12.0. The minimum atomic E-state index is -3.36. The van der Waals surface area contributed by atoms with E-state index < -0.39 is 10.0 Å². The number of nitrogens with zero attached hydrogens (tertiary/aromatic N) is 2. The fourth-order valence-electron chi connectivity index (χ4n) is 3.13. The summed E-state index contributed by atoms with van der Waals surface area (Å²) in [4.78, 5) is 21.7. The molecule has 8 nitrogen and oxygen atoms in total. The molecule has 3 N–H and O–H groups in total. The summed E-state index contributed by atoms with van der Waals surface area (Å²) >= 11 is 0. The van der Waals surface area contributed by atoms with Crippen LogP contribution < -0.4 is 10.0 Å². The Balaban J connectivity index is 1.92. The fraction of sp³-hybridized carbons (Fsp3) is 0.733. The van der Waals surface area contributed by atoms with E-state index >= 15 is 0 Å². The van der Waals surface area contributed by atoms with Crippen LogP contribution in [0.5, 0.6) is 0 Å². The maximum Gasteiger partial charge on any atom is 0.235 e. The topological polar surface area (TPSA) is 107 Å². The molecule has 1 saturated heterocycles. The second kappa shape index (κ2) is 8.09. The van der Waals surface area contributed by atoms with Gasteiger partial charge in [-0.3, -0.25) is 9.69 Å². The number of nitrogens with one attached hydrogen (secondary N) is 3. The van der Waals surface area contributed by atoms with Gasteiger partial charge in [0.25, 0.3) is 0 Å². The zero-order valence-electron chi connectivity index (χ0n) is 14.5. The molecule has 0 bridgehead atoms. The average molecular weight is 357 g/mol. The monoisotopic (exact) mass is 357 g/mol. The van der Waals surface area contributed by atoms with Crippen molar-refractivity contribution in [2.24, 2.45) is 5.92 Å². The van der Waals surface area contributed by atoms with E-state index in [1.54, 1.807) is 6.33 Å². The largest absolute Gasteiger partial charge is 0.351 e. The van der Waals surface area contributed by atoms with Crippen molar-refractivity contribution in [3.05, 3.63) is 17.7 Å². The van der Waals surface area contributed by atoms with Crippen LogP contribution in [0.3, 0.4) is 0 Å². The van der Waals surface area contributed by atoms with E-state index in [4.69, 9.17) is 0 Å².